The summed E-state index contributed by atoms with van der Waals surface area (Å²) in [6.07, 6.45) is 0. The molecule has 0 heterocycles. The molecule has 112 valence electrons. The maximum atomic E-state index is 12.1. The predicted molar refractivity (Wildman–Crippen MR) is 80.2 cm³/mol. The normalized spacial score (nSPS) is 12.5. The number of halogens is 3. The Hall–Kier alpha value is -1.65. The van der Waals surface area contributed by atoms with Crippen molar-refractivity contribution in [3.63, 3.8) is 0 Å². The van der Waals surface area contributed by atoms with E-state index in [0.717, 1.165) is 16.7 Å². The van der Waals surface area contributed by atoms with E-state index in [1.165, 1.54) is 12.1 Å². The van der Waals surface area contributed by atoms with Crippen LogP contribution >= 0.6 is 11.6 Å². The number of nitrogens with one attached hydrogen (secondary N) is 1. The molecule has 0 spiro atoms. The minimum Gasteiger partial charge on any atom is -0.435 e. The molecule has 1 unspecified atom stereocenters. The second-order valence-electron chi connectivity index (χ2n) is 4.68. The third-order valence-electron chi connectivity index (χ3n) is 3.26. The quantitative estimate of drug-likeness (QED) is 0.874. The first kappa shape index (κ1) is 15.7. The number of ether oxygens (including phenoxy) is 1. The van der Waals surface area contributed by atoms with Gasteiger partial charge < -0.3 is 10.1 Å². The molecule has 0 aliphatic rings. The minimum absolute atomic E-state index is 0.0660. The van der Waals surface area contributed by atoms with Gasteiger partial charge in [0, 0.05) is 5.02 Å². The van der Waals surface area contributed by atoms with Gasteiger partial charge in [0.05, 0.1) is 6.04 Å². The first-order valence-corrected chi connectivity index (χ1v) is 6.87. The van der Waals surface area contributed by atoms with Crippen LogP contribution in [-0.4, -0.2) is 13.7 Å². The Balaban J connectivity index is 2.26. The SMILES string of the molecule is CNC(c1ccc(OC(F)F)cc1)c1ccc(C)c(Cl)c1. The zero-order chi connectivity index (χ0) is 15.4. The molecule has 1 N–H and O–H groups in total. The van der Waals surface area contributed by atoms with E-state index < -0.39 is 6.61 Å². The summed E-state index contributed by atoms with van der Waals surface area (Å²) in [5, 5.41) is 3.89. The highest BCUT2D eigenvalue weighted by Gasteiger charge is 2.13. The summed E-state index contributed by atoms with van der Waals surface area (Å²) in [6, 6.07) is 12.4. The topological polar surface area (TPSA) is 21.3 Å². The number of aryl methyl sites for hydroxylation is 1. The molecule has 2 rings (SSSR count). The van der Waals surface area contributed by atoms with Gasteiger partial charge in [0.15, 0.2) is 0 Å². The minimum atomic E-state index is -2.81. The zero-order valence-electron chi connectivity index (χ0n) is 11.7. The van der Waals surface area contributed by atoms with Crippen LogP contribution in [0.4, 0.5) is 8.78 Å². The lowest BCUT2D eigenvalue weighted by molar-refractivity contribution is -0.0498. The third-order valence-corrected chi connectivity index (χ3v) is 3.66. The van der Waals surface area contributed by atoms with E-state index in [0.29, 0.717) is 5.02 Å². The highest BCUT2D eigenvalue weighted by Crippen LogP contribution is 2.27. The van der Waals surface area contributed by atoms with E-state index in [4.69, 9.17) is 11.6 Å². The summed E-state index contributed by atoms with van der Waals surface area (Å²) in [5.74, 6) is 0.144. The molecule has 5 heteroatoms. The van der Waals surface area contributed by atoms with Crippen LogP contribution in [-0.2, 0) is 0 Å². The molecule has 0 aromatic heterocycles. The Morgan fingerprint density at radius 2 is 1.67 bits per heavy atom. The van der Waals surface area contributed by atoms with Gasteiger partial charge in [-0.2, -0.15) is 8.78 Å². The highest BCUT2D eigenvalue weighted by molar-refractivity contribution is 6.31. The Bertz CT molecular complexity index is 602. The van der Waals surface area contributed by atoms with Crippen molar-refractivity contribution in [3.8, 4) is 5.75 Å². The second-order valence-corrected chi connectivity index (χ2v) is 5.09. The summed E-state index contributed by atoms with van der Waals surface area (Å²) >= 11 is 6.15. The van der Waals surface area contributed by atoms with Gasteiger partial charge in [0.2, 0.25) is 0 Å². The monoisotopic (exact) mass is 311 g/mol. The first-order chi connectivity index (χ1) is 10.0. The molecule has 0 aliphatic carbocycles. The largest absolute Gasteiger partial charge is 0.435 e. The van der Waals surface area contributed by atoms with Crippen molar-refractivity contribution in [2.75, 3.05) is 7.05 Å². The number of benzene rings is 2. The van der Waals surface area contributed by atoms with E-state index in [9.17, 15) is 8.78 Å². The number of alkyl halides is 2. The van der Waals surface area contributed by atoms with Crippen LogP contribution in [0.2, 0.25) is 5.02 Å². The summed E-state index contributed by atoms with van der Waals surface area (Å²) in [7, 11) is 1.84. The summed E-state index contributed by atoms with van der Waals surface area (Å²) in [6.45, 7) is -0.872. The second kappa shape index (κ2) is 6.87. The van der Waals surface area contributed by atoms with Crippen LogP contribution < -0.4 is 10.1 Å². The number of hydrogen-bond donors (Lipinski definition) is 1. The molecule has 2 aromatic carbocycles. The van der Waals surface area contributed by atoms with E-state index in [-0.39, 0.29) is 11.8 Å². The van der Waals surface area contributed by atoms with Crippen molar-refractivity contribution in [2.45, 2.75) is 19.6 Å². The maximum absolute atomic E-state index is 12.1. The summed E-state index contributed by atoms with van der Waals surface area (Å²) in [4.78, 5) is 0. The summed E-state index contributed by atoms with van der Waals surface area (Å²) in [5.41, 5.74) is 2.96. The molecule has 0 aliphatic heterocycles. The Labute approximate surface area is 127 Å². The van der Waals surface area contributed by atoms with Crippen molar-refractivity contribution >= 4 is 11.6 Å². The molecule has 0 saturated heterocycles. The fourth-order valence-corrected chi connectivity index (χ4v) is 2.35. The van der Waals surface area contributed by atoms with Gasteiger partial charge in [0.1, 0.15) is 5.75 Å². The van der Waals surface area contributed by atoms with Gasteiger partial charge in [-0.3, -0.25) is 0 Å². The lowest BCUT2D eigenvalue weighted by Gasteiger charge is -2.18. The lowest BCUT2D eigenvalue weighted by Crippen LogP contribution is -2.17. The van der Waals surface area contributed by atoms with E-state index in [1.54, 1.807) is 12.1 Å². The highest BCUT2D eigenvalue weighted by atomic mass is 35.5. The van der Waals surface area contributed by atoms with Crippen molar-refractivity contribution < 1.29 is 13.5 Å². The van der Waals surface area contributed by atoms with E-state index in [1.807, 2.05) is 32.2 Å². The molecular formula is C16H16ClF2NO. The molecule has 0 fully saturated rings. The van der Waals surface area contributed by atoms with Gasteiger partial charge in [-0.05, 0) is 48.9 Å². The first-order valence-electron chi connectivity index (χ1n) is 6.49. The number of rotatable bonds is 5. The fourth-order valence-electron chi connectivity index (χ4n) is 2.16. The predicted octanol–water partition coefficient (Wildman–Crippen LogP) is 4.56. The molecule has 1 atom stereocenters. The van der Waals surface area contributed by atoms with Crippen LogP contribution in [0.1, 0.15) is 22.7 Å². The van der Waals surface area contributed by atoms with Gasteiger partial charge in [0.25, 0.3) is 0 Å². The van der Waals surface area contributed by atoms with Crippen LogP contribution in [0.5, 0.6) is 5.75 Å². The average molecular weight is 312 g/mol. The van der Waals surface area contributed by atoms with Crippen LogP contribution in [0, 0.1) is 6.92 Å². The van der Waals surface area contributed by atoms with E-state index >= 15 is 0 Å². The van der Waals surface area contributed by atoms with Gasteiger partial charge in [-0.1, -0.05) is 35.9 Å². The van der Waals surface area contributed by atoms with Crippen LogP contribution in [0.15, 0.2) is 42.5 Å². The van der Waals surface area contributed by atoms with Crippen molar-refractivity contribution in [3.05, 3.63) is 64.2 Å². The Morgan fingerprint density at radius 3 is 2.19 bits per heavy atom. The molecular weight excluding hydrogens is 296 g/mol. The van der Waals surface area contributed by atoms with Crippen LogP contribution in [0.3, 0.4) is 0 Å². The van der Waals surface area contributed by atoms with Gasteiger partial charge in [-0.25, -0.2) is 0 Å². The average Bonchev–Trinajstić information content (AvgIpc) is 2.45. The molecule has 21 heavy (non-hydrogen) atoms. The lowest BCUT2D eigenvalue weighted by atomic mass is 9.98. The molecule has 0 amide bonds. The number of hydrogen-bond acceptors (Lipinski definition) is 2. The van der Waals surface area contributed by atoms with Crippen molar-refractivity contribution in [2.24, 2.45) is 0 Å². The zero-order valence-corrected chi connectivity index (χ0v) is 12.5. The van der Waals surface area contributed by atoms with Gasteiger partial charge >= 0.3 is 6.61 Å². The maximum Gasteiger partial charge on any atom is 0.387 e. The Kier molecular flexibility index (Phi) is 5.15. The van der Waals surface area contributed by atoms with Crippen molar-refractivity contribution in [1.82, 2.24) is 5.32 Å². The molecule has 2 aromatic rings. The molecule has 0 bridgehead atoms. The summed E-state index contributed by atoms with van der Waals surface area (Å²) < 4.78 is 28.6. The smallest absolute Gasteiger partial charge is 0.387 e. The Morgan fingerprint density at radius 1 is 1.05 bits per heavy atom. The van der Waals surface area contributed by atoms with Crippen LogP contribution in [0.25, 0.3) is 0 Å². The fraction of sp³-hybridized carbons (Fsp3) is 0.250. The molecule has 0 saturated carbocycles. The van der Waals surface area contributed by atoms with E-state index in [2.05, 4.69) is 10.1 Å². The molecule has 0 radical (unpaired) electrons. The third kappa shape index (κ3) is 3.93. The standard InChI is InChI=1S/C16H16ClF2NO/c1-10-3-4-12(9-14(10)17)15(20-2)11-5-7-13(8-6-11)21-16(18)19/h3-9,15-16,20H,1-2H3. The van der Waals surface area contributed by atoms with Gasteiger partial charge in [-0.15, -0.1) is 0 Å². The molecule has 2 nitrogen and oxygen atoms in total. The van der Waals surface area contributed by atoms with Crippen molar-refractivity contribution in [1.29, 1.82) is 0 Å².